The van der Waals surface area contributed by atoms with E-state index in [0.29, 0.717) is 11.8 Å². The molecule has 20 heavy (non-hydrogen) atoms. The summed E-state index contributed by atoms with van der Waals surface area (Å²) in [6.07, 6.45) is 7.15. The first-order valence-corrected chi connectivity index (χ1v) is 8.17. The lowest BCUT2D eigenvalue weighted by Crippen LogP contribution is -2.72. The van der Waals surface area contributed by atoms with Crippen LogP contribution in [-0.2, 0) is 9.59 Å². The van der Waals surface area contributed by atoms with Crippen LogP contribution >= 0.6 is 0 Å². The molecule has 2 saturated carbocycles. The van der Waals surface area contributed by atoms with Gasteiger partial charge in [-0.3, -0.25) is 9.59 Å². The Bertz CT molecular complexity index is 409. The summed E-state index contributed by atoms with van der Waals surface area (Å²) in [6, 6.07) is -0.242. The third-order valence-electron chi connectivity index (χ3n) is 5.08. The van der Waals surface area contributed by atoms with Crippen molar-refractivity contribution in [1.29, 1.82) is 0 Å². The van der Waals surface area contributed by atoms with Gasteiger partial charge in [-0.1, -0.05) is 33.1 Å². The van der Waals surface area contributed by atoms with Crippen LogP contribution in [0.3, 0.4) is 0 Å². The van der Waals surface area contributed by atoms with Crippen molar-refractivity contribution in [2.45, 2.75) is 70.4 Å². The van der Waals surface area contributed by atoms with Gasteiger partial charge < -0.3 is 10.2 Å². The lowest BCUT2D eigenvalue weighted by atomic mass is 9.76. The highest BCUT2D eigenvalue weighted by Gasteiger charge is 2.55. The molecule has 112 valence electrons. The van der Waals surface area contributed by atoms with Gasteiger partial charge in [0.05, 0.1) is 0 Å². The molecule has 1 saturated heterocycles. The molecule has 1 aliphatic heterocycles. The molecule has 0 bridgehead atoms. The molecular formula is C16H26N2O2. The van der Waals surface area contributed by atoms with Crippen LogP contribution in [0.4, 0.5) is 0 Å². The lowest BCUT2D eigenvalue weighted by Gasteiger charge is -2.50. The van der Waals surface area contributed by atoms with Crippen molar-refractivity contribution < 1.29 is 9.59 Å². The quantitative estimate of drug-likeness (QED) is 0.859. The normalized spacial score (nSPS) is 29.9. The Morgan fingerprint density at radius 1 is 1.20 bits per heavy atom. The predicted molar refractivity (Wildman–Crippen MR) is 77.0 cm³/mol. The number of nitrogens with zero attached hydrogens (tertiary/aromatic N) is 1. The zero-order valence-electron chi connectivity index (χ0n) is 12.7. The van der Waals surface area contributed by atoms with Crippen LogP contribution in [0.25, 0.3) is 0 Å². The van der Waals surface area contributed by atoms with E-state index in [1.165, 1.54) is 6.42 Å². The summed E-state index contributed by atoms with van der Waals surface area (Å²) < 4.78 is 0. The van der Waals surface area contributed by atoms with Crippen LogP contribution in [-0.4, -0.2) is 34.8 Å². The minimum absolute atomic E-state index is 0.120. The Morgan fingerprint density at radius 3 is 2.40 bits per heavy atom. The first-order valence-electron chi connectivity index (χ1n) is 8.17. The van der Waals surface area contributed by atoms with Gasteiger partial charge in [-0.05, 0) is 37.5 Å². The predicted octanol–water partition coefficient (Wildman–Crippen LogP) is 2.08. The monoisotopic (exact) mass is 278 g/mol. The summed E-state index contributed by atoms with van der Waals surface area (Å²) in [5, 5.41) is 3.06. The smallest absolute Gasteiger partial charge is 0.246 e. The molecule has 1 N–H and O–H groups in total. The Balaban J connectivity index is 1.90. The average molecular weight is 278 g/mol. The van der Waals surface area contributed by atoms with Gasteiger partial charge in [-0.2, -0.15) is 0 Å². The second-order valence-corrected chi connectivity index (χ2v) is 7.22. The van der Waals surface area contributed by atoms with Crippen LogP contribution in [0, 0.1) is 11.8 Å². The molecule has 4 nitrogen and oxygen atoms in total. The molecule has 3 fully saturated rings. The van der Waals surface area contributed by atoms with E-state index < -0.39 is 5.54 Å². The second-order valence-electron chi connectivity index (χ2n) is 7.22. The van der Waals surface area contributed by atoms with Gasteiger partial charge in [0.1, 0.15) is 11.6 Å². The highest BCUT2D eigenvalue weighted by Crippen LogP contribution is 2.41. The standard InChI is InChI=1S/C16H26N2O2/c1-11(2)10-18-14(19)13(12-6-7-12)17-15(20)16(18)8-4-3-5-9-16/h11-13H,3-10H2,1-2H3,(H,17,20). The minimum Gasteiger partial charge on any atom is -0.342 e. The van der Waals surface area contributed by atoms with Gasteiger partial charge in [0.15, 0.2) is 0 Å². The average Bonchev–Trinajstić information content (AvgIpc) is 3.25. The molecule has 1 heterocycles. The van der Waals surface area contributed by atoms with Crippen LogP contribution < -0.4 is 5.32 Å². The van der Waals surface area contributed by atoms with Crippen molar-refractivity contribution in [3.8, 4) is 0 Å². The third kappa shape index (κ3) is 2.23. The molecule has 2 aliphatic carbocycles. The molecular weight excluding hydrogens is 252 g/mol. The van der Waals surface area contributed by atoms with Crippen molar-refractivity contribution in [2.75, 3.05) is 6.54 Å². The molecule has 3 aliphatic rings. The van der Waals surface area contributed by atoms with Gasteiger partial charge in [-0.25, -0.2) is 0 Å². The number of hydrogen-bond donors (Lipinski definition) is 1. The largest absolute Gasteiger partial charge is 0.342 e. The van der Waals surface area contributed by atoms with Crippen molar-refractivity contribution in [3.63, 3.8) is 0 Å². The van der Waals surface area contributed by atoms with E-state index in [1.54, 1.807) is 0 Å². The summed E-state index contributed by atoms with van der Waals surface area (Å²) >= 11 is 0. The fraction of sp³-hybridized carbons (Fsp3) is 0.875. The molecule has 1 atom stereocenters. The topological polar surface area (TPSA) is 49.4 Å². The molecule has 4 heteroatoms. The first-order chi connectivity index (χ1) is 9.54. The summed E-state index contributed by atoms with van der Waals surface area (Å²) in [6.45, 7) is 4.97. The molecule has 0 radical (unpaired) electrons. The lowest BCUT2D eigenvalue weighted by molar-refractivity contribution is -0.161. The van der Waals surface area contributed by atoms with E-state index in [9.17, 15) is 9.59 Å². The molecule has 2 amide bonds. The molecule has 0 aromatic carbocycles. The highest BCUT2D eigenvalue weighted by atomic mass is 16.2. The van der Waals surface area contributed by atoms with Gasteiger partial charge >= 0.3 is 0 Å². The molecule has 1 unspecified atom stereocenters. The Morgan fingerprint density at radius 2 is 1.85 bits per heavy atom. The number of carbonyl (C=O) groups excluding carboxylic acids is 2. The van der Waals surface area contributed by atoms with E-state index >= 15 is 0 Å². The van der Waals surface area contributed by atoms with Crippen LogP contribution in [0.5, 0.6) is 0 Å². The van der Waals surface area contributed by atoms with Crippen LogP contribution in [0.2, 0.25) is 0 Å². The van der Waals surface area contributed by atoms with Gasteiger partial charge in [-0.15, -0.1) is 0 Å². The van der Waals surface area contributed by atoms with E-state index in [0.717, 1.165) is 45.1 Å². The Kier molecular flexibility index (Phi) is 3.51. The maximum absolute atomic E-state index is 12.9. The van der Waals surface area contributed by atoms with Gasteiger partial charge in [0.2, 0.25) is 11.8 Å². The fourth-order valence-electron chi connectivity index (χ4n) is 3.85. The van der Waals surface area contributed by atoms with Crippen molar-refractivity contribution in [1.82, 2.24) is 10.2 Å². The third-order valence-corrected chi connectivity index (χ3v) is 5.08. The van der Waals surface area contributed by atoms with Gasteiger partial charge in [0, 0.05) is 6.54 Å². The first kappa shape index (κ1) is 13.9. The van der Waals surface area contributed by atoms with Crippen molar-refractivity contribution in [2.24, 2.45) is 11.8 Å². The summed E-state index contributed by atoms with van der Waals surface area (Å²) in [5.41, 5.74) is -0.537. The Labute approximate surface area is 121 Å². The fourth-order valence-corrected chi connectivity index (χ4v) is 3.85. The zero-order chi connectivity index (χ0) is 14.3. The second kappa shape index (κ2) is 5.05. The highest BCUT2D eigenvalue weighted by molar-refractivity contribution is 6.00. The summed E-state index contributed by atoms with van der Waals surface area (Å²) in [5.74, 6) is 1.10. The SMILES string of the molecule is CC(C)CN1C(=O)C(C2CC2)NC(=O)C12CCCCC2. The van der Waals surface area contributed by atoms with Crippen molar-refractivity contribution >= 4 is 11.8 Å². The number of nitrogens with one attached hydrogen (secondary N) is 1. The van der Waals surface area contributed by atoms with E-state index in [2.05, 4.69) is 19.2 Å². The van der Waals surface area contributed by atoms with Gasteiger partial charge in [0.25, 0.3) is 0 Å². The van der Waals surface area contributed by atoms with Crippen molar-refractivity contribution in [3.05, 3.63) is 0 Å². The molecule has 3 rings (SSSR count). The van der Waals surface area contributed by atoms with E-state index in [-0.39, 0.29) is 17.9 Å². The summed E-state index contributed by atoms with van der Waals surface area (Å²) in [4.78, 5) is 27.6. The number of carbonyl (C=O) groups is 2. The maximum Gasteiger partial charge on any atom is 0.246 e. The van der Waals surface area contributed by atoms with Crippen LogP contribution in [0.15, 0.2) is 0 Å². The zero-order valence-corrected chi connectivity index (χ0v) is 12.7. The summed E-state index contributed by atoms with van der Waals surface area (Å²) in [7, 11) is 0. The van der Waals surface area contributed by atoms with E-state index in [1.807, 2.05) is 4.90 Å². The number of piperazine rings is 1. The molecule has 0 aromatic rings. The molecule has 1 spiro atoms. The molecule has 0 aromatic heterocycles. The van der Waals surface area contributed by atoms with Crippen LogP contribution in [0.1, 0.15) is 58.8 Å². The van der Waals surface area contributed by atoms with E-state index in [4.69, 9.17) is 0 Å². The maximum atomic E-state index is 12.9. The Hall–Kier alpha value is -1.06. The minimum atomic E-state index is -0.537. The number of amides is 2. The number of rotatable bonds is 3. The number of hydrogen-bond acceptors (Lipinski definition) is 2.